The lowest BCUT2D eigenvalue weighted by atomic mass is 10.2. The zero-order chi connectivity index (χ0) is 21.2. The number of methoxy groups -OCH3 is 2. The fourth-order valence-electron chi connectivity index (χ4n) is 2.52. The number of carbonyl (C=O) groups is 2. The van der Waals surface area contributed by atoms with Crippen molar-refractivity contribution in [3.8, 4) is 17.2 Å². The van der Waals surface area contributed by atoms with Crippen LogP contribution in [0, 0.1) is 6.92 Å². The van der Waals surface area contributed by atoms with Gasteiger partial charge in [0.2, 0.25) is 0 Å². The zero-order valence-electron chi connectivity index (χ0n) is 17.2. The minimum atomic E-state index is -0.901. The van der Waals surface area contributed by atoms with Crippen LogP contribution >= 0.6 is 0 Å². The second kappa shape index (κ2) is 10.9. The predicted molar refractivity (Wildman–Crippen MR) is 108 cm³/mol. The largest absolute Gasteiger partial charge is 0.493 e. The number of esters is 1. The fourth-order valence-corrected chi connectivity index (χ4v) is 2.52. The molecule has 1 N–H and O–H groups in total. The van der Waals surface area contributed by atoms with Crippen molar-refractivity contribution in [2.24, 2.45) is 0 Å². The fraction of sp³-hybridized carbons (Fsp3) is 0.364. The number of carbonyl (C=O) groups excluding carboxylic acids is 2. The Labute approximate surface area is 170 Å². The van der Waals surface area contributed by atoms with Crippen LogP contribution in [-0.4, -0.2) is 38.8 Å². The molecule has 0 aliphatic rings. The lowest BCUT2D eigenvalue weighted by Gasteiger charge is -2.14. The summed E-state index contributed by atoms with van der Waals surface area (Å²) in [6, 6.07) is 12.9. The van der Waals surface area contributed by atoms with Gasteiger partial charge in [0.15, 0.2) is 17.6 Å². The molecule has 0 aromatic heterocycles. The molecule has 156 valence electrons. The second-order valence-corrected chi connectivity index (χ2v) is 6.45. The van der Waals surface area contributed by atoms with E-state index < -0.39 is 12.1 Å². The normalized spacial score (nSPS) is 11.3. The molecule has 2 aromatic rings. The van der Waals surface area contributed by atoms with E-state index in [1.54, 1.807) is 26.4 Å². The lowest BCUT2D eigenvalue weighted by Crippen LogP contribution is -2.35. The van der Waals surface area contributed by atoms with E-state index in [4.69, 9.17) is 18.9 Å². The molecule has 1 atom stereocenters. The number of ether oxygens (including phenoxy) is 4. The van der Waals surface area contributed by atoms with Crippen molar-refractivity contribution in [1.29, 1.82) is 0 Å². The van der Waals surface area contributed by atoms with Crippen molar-refractivity contribution in [1.82, 2.24) is 5.32 Å². The van der Waals surface area contributed by atoms with Crippen LogP contribution in [-0.2, 0) is 20.9 Å². The molecule has 0 heterocycles. The molecule has 0 radical (unpaired) electrons. The van der Waals surface area contributed by atoms with E-state index in [-0.39, 0.29) is 25.5 Å². The number of hydrogen-bond donors (Lipinski definition) is 1. The number of amides is 1. The van der Waals surface area contributed by atoms with E-state index in [1.807, 2.05) is 37.3 Å². The summed E-state index contributed by atoms with van der Waals surface area (Å²) in [5.41, 5.74) is 1.96. The van der Waals surface area contributed by atoms with Gasteiger partial charge in [0, 0.05) is 6.54 Å². The molecular formula is C22H27NO6. The predicted octanol–water partition coefficient (Wildman–Crippen LogP) is 3.03. The minimum absolute atomic E-state index is 0.0567. The maximum Gasteiger partial charge on any atom is 0.310 e. The summed E-state index contributed by atoms with van der Waals surface area (Å²) in [7, 11) is 3.10. The van der Waals surface area contributed by atoms with Gasteiger partial charge in [0.05, 0.1) is 27.2 Å². The molecule has 0 spiro atoms. The van der Waals surface area contributed by atoms with Crippen LogP contribution < -0.4 is 19.5 Å². The SMILES string of the molecule is COc1ccc(CNC(=O)C(C)OC(=O)CCOc2ccc(C)cc2)cc1OC. The van der Waals surface area contributed by atoms with E-state index in [0.717, 1.165) is 11.1 Å². The van der Waals surface area contributed by atoms with E-state index in [9.17, 15) is 9.59 Å². The standard InChI is InChI=1S/C22H27NO6/c1-15-5-8-18(9-6-15)28-12-11-21(24)29-16(2)22(25)23-14-17-7-10-19(26-3)20(13-17)27-4/h5-10,13,16H,11-12,14H2,1-4H3,(H,23,25). The van der Waals surface area contributed by atoms with E-state index >= 15 is 0 Å². The first-order valence-corrected chi connectivity index (χ1v) is 9.30. The highest BCUT2D eigenvalue weighted by Gasteiger charge is 2.17. The molecule has 1 amide bonds. The molecule has 7 nitrogen and oxygen atoms in total. The van der Waals surface area contributed by atoms with Gasteiger partial charge in [-0.3, -0.25) is 9.59 Å². The summed E-state index contributed by atoms with van der Waals surface area (Å²) >= 11 is 0. The van der Waals surface area contributed by atoms with Gasteiger partial charge in [-0.25, -0.2) is 0 Å². The Morgan fingerprint density at radius 1 is 1.00 bits per heavy atom. The highest BCUT2D eigenvalue weighted by atomic mass is 16.6. The smallest absolute Gasteiger partial charge is 0.310 e. The Kier molecular flexibility index (Phi) is 8.33. The van der Waals surface area contributed by atoms with Crippen LogP contribution in [0.4, 0.5) is 0 Å². The molecule has 0 bridgehead atoms. The molecule has 2 rings (SSSR count). The number of aryl methyl sites for hydroxylation is 1. The number of rotatable bonds is 10. The second-order valence-electron chi connectivity index (χ2n) is 6.45. The number of benzene rings is 2. The molecule has 0 saturated carbocycles. The molecule has 1 unspecified atom stereocenters. The van der Waals surface area contributed by atoms with Crippen molar-refractivity contribution < 1.29 is 28.5 Å². The van der Waals surface area contributed by atoms with E-state index in [1.165, 1.54) is 6.92 Å². The van der Waals surface area contributed by atoms with Crippen LogP contribution in [0.5, 0.6) is 17.2 Å². The summed E-state index contributed by atoms with van der Waals surface area (Å²) in [6.45, 7) is 3.97. The van der Waals surface area contributed by atoms with Crippen LogP contribution in [0.3, 0.4) is 0 Å². The summed E-state index contributed by atoms with van der Waals surface area (Å²) in [6.07, 6.45) is -0.844. The Balaban J connectivity index is 1.73. The van der Waals surface area contributed by atoms with Crippen molar-refractivity contribution in [3.63, 3.8) is 0 Å². The van der Waals surface area contributed by atoms with Gasteiger partial charge in [0.1, 0.15) is 5.75 Å². The Morgan fingerprint density at radius 3 is 2.34 bits per heavy atom. The van der Waals surface area contributed by atoms with Crippen molar-refractivity contribution in [3.05, 3.63) is 53.6 Å². The van der Waals surface area contributed by atoms with Crippen molar-refractivity contribution in [2.45, 2.75) is 32.9 Å². The van der Waals surface area contributed by atoms with Crippen LogP contribution in [0.15, 0.2) is 42.5 Å². The first kappa shape index (κ1) is 22.1. The molecule has 0 aliphatic heterocycles. The molecule has 0 aliphatic carbocycles. The number of nitrogens with one attached hydrogen (secondary N) is 1. The highest BCUT2D eigenvalue weighted by molar-refractivity contribution is 5.83. The van der Waals surface area contributed by atoms with Crippen molar-refractivity contribution in [2.75, 3.05) is 20.8 Å². The highest BCUT2D eigenvalue weighted by Crippen LogP contribution is 2.27. The lowest BCUT2D eigenvalue weighted by molar-refractivity contribution is -0.155. The van der Waals surface area contributed by atoms with Gasteiger partial charge in [-0.15, -0.1) is 0 Å². The Bertz CT molecular complexity index is 819. The Morgan fingerprint density at radius 2 is 1.69 bits per heavy atom. The molecule has 7 heteroatoms. The third kappa shape index (κ3) is 7.03. The van der Waals surface area contributed by atoms with Gasteiger partial charge in [0.25, 0.3) is 5.91 Å². The number of hydrogen-bond acceptors (Lipinski definition) is 6. The third-order valence-corrected chi connectivity index (χ3v) is 4.19. The average Bonchev–Trinajstić information content (AvgIpc) is 2.73. The molecule has 2 aromatic carbocycles. The molecule has 0 fully saturated rings. The first-order chi connectivity index (χ1) is 13.9. The van der Waals surface area contributed by atoms with Crippen LogP contribution in [0.1, 0.15) is 24.5 Å². The van der Waals surface area contributed by atoms with Gasteiger partial charge in [-0.2, -0.15) is 0 Å². The minimum Gasteiger partial charge on any atom is -0.493 e. The quantitative estimate of drug-likeness (QED) is 0.616. The van der Waals surface area contributed by atoms with Gasteiger partial charge in [-0.1, -0.05) is 23.8 Å². The van der Waals surface area contributed by atoms with Gasteiger partial charge < -0.3 is 24.3 Å². The molecule has 0 saturated heterocycles. The Hall–Kier alpha value is -3.22. The average molecular weight is 401 g/mol. The maximum absolute atomic E-state index is 12.2. The molecule has 29 heavy (non-hydrogen) atoms. The monoisotopic (exact) mass is 401 g/mol. The van der Waals surface area contributed by atoms with Crippen LogP contribution in [0.2, 0.25) is 0 Å². The summed E-state index contributed by atoms with van der Waals surface area (Å²) < 4.78 is 21.1. The van der Waals surface area contributed by atoms with E-state index in [2.05, 4.69) is 5.32 Å². The summed E-state index contributed by atoms with van der Waals surface area (Å²) in [4.78, 5) is 24.1. The van der Waals surface area contributed by atoms with Gasteiger partial charge >= 0.3 is 5.97 Å². The van der Waals surface area contributed by atoms with Gasteiger partial charge in [-0.05, 0) is 43.7 Å². The van der Waals surface area contributed by atoms with E-state index in [0.29, 0.717) is 17.2 Å². The summed E-state index contributed by atoms with van der Waals surface area (Å²) in [5.74, 6) is 0.993. The zero-order valence-corrected chi connectivity index (χ0v) is 17.2. The summed E-state index contributed by atoms with van der Waals surface area (Å²) in [5, 5.41) is 2.74. The topological polar surface area (TPSA) is 83.1 Å². The third-order valence-electron chi connectivity index (χ3n) is 4.19. The maximum atomic E-state index is 12.2. The van der Waals surface area contributed by atoms with Crippen LogP contribution in [0.25, 0.3) is 0 Å². The van der Waals surface area contributed by atoms with Crippen molar-refractivity contribution >= 4 is 11.9 Å². The molecular weight excluding hydrogens is 374 g/mol. The first-order valence-electron chi connectivity index (χ1n) is 9.30.